The second kappa shape index (κ2) is 17.2. The molecule has 0 aliphatic heterocycles. The summed E-state index contributed by atoms with van der Waals surface area (Å²) in [4.78, 5) is 0. The molecule has 0 N–H and O–H groups in total. The Morgan fingerprint density at radius 3 is 1.83 bits per heavy atom. The molecule has 0 aromatic carbocycles. The topological polar surface area (TPSA) is 0 Å². The Hall–Kier alpha value is -1.56. The van der Waals surface area contributed by atoms with E-state index in [0.717, 1.165) is 19.3 Å². The van der Waals surface area contributed by atoms with Crippen molar-refractivity contribution < 1.29 is 0 Å². The van der Waals surface area contributed by atoms with Crippen molar-refractivity contribution in [2.24, 2.45) is 11.8 Å². The first-order valence-electron chi connectivity index (χ1n) is 12.0. The number of rotatable bonds is 15. The van der Waals surface area contributed by atoms with Crippen LogP contribution in [0.1, 0.15) is 107 Å². The third-order valence-electron chi connectivity index (χ3n) is 5.63. The van der Waals surface area contributed by atoms with Crippen molar-refractivity contribution in [2.75, 3.05) is 0 Å². The third-order valence-corrected chi connectivity index (χ3v) is 5.63. The molecule has 30 heavy (non-hydrogen) atoms. The third kappa shape index (κ3) is 16.3. The van der Waals surface area contributed by atoms with E-state index in [-0.39, 0.29) is 0 Å². The van der Waals surface area contributed by atoms with E-state index in [1.807, 2.05) is 6.08 Å². The van der Waals surface area contributed by atoms with E-state index in [0.29, 0.717) is 11.8 Å². The Labute approximate surface area is 189 Å². The Balaban J connectivity index is 4.84. The molecule has 0 amide bonds. The lowest BCUT2D eigenvalue weighted by atomic mass is 9.89. The van der Waals surface area contributed by atoms with Gasteiger partial charge in [0.1, 0.15) is 0 Å². The van der Waals surface area contributed by atoms with Crippen LogP contribution in [-0.2, 0) is 0 Å². The number of hydrogen-bond donors (Lipinski definition) is 0. The summed E-state index contributed by atoms with van der Waals surface area (Å²) < 4.78 is 0. The maximum absolute atomic E-state index is 3.91. The maximum atomic E-state index is 3.91. The monoisotopic (exact) mass is 410 g/mol. The number of hydrogen-bond acceptors (Lipinski definition) is 0. The Morgan fingerprint density at radius 1 is 0.733 bits per heavy atom. The molecular formula is C30H50. The minimum Gasteiger partial charge on any atom is -0.103 e. The van der Waals surface area contributed by atoms with Gasteiger partial charge in [-0.3, -0.25) is 0 Å². The van der Waals surface area contributed by atoms with Crippen LogP contribution in [0.15, 0.2) is 70.9 Å². The van der Waals surface area contributed by atoms with E-state index in [9.17, 15) is 0 Å². The molecule has 0 bridgehead atoms. The average molecular weight is 411 g/mol. The van der Waals surface area contributed by atoms with Gasteiger partial charge in [-0.05, 0) is 105 Å². The summed E-state index contributed by atoms with van der Waals surface area (Å²) in [7, 11) is 0. The van der Waals surface area contributed by atoms with Crippen molar-refractivity contribution in [2.45, 2.75) is 107 Å². The fourth-order valence-electron chi connectivity index (χ4n) is 3.57. The molecule has 0 aliphatic carbocycles. The highest BCUT2D eigenvalue weighted by molar-refractivity contribution is 5.16. The Bertz CT molecular complexity index is 625. The van der Waals surface area contributed by atoms with Crippen LogP contribution >= 0.6 is 0 Å². The van der Waals surface area contributed by atoms with E-state index in [2.05, 4.69) is 92.3 Å². The molecule has 0 heteroatoms. The van der Waals surface area contributed by atoms with Crippen LogP contribution in [0.2, 0.25) is 0 Å². The minimum atomic E-state index is 0.573. The van der Waals surface area contributed by atoms with Gasteiger partial charge in [-0.25, -0.2) is 0 Å². The van der Waals surface area contributed by atoms with E-state index >= 15 is 0 Å². The second-order valence-corrected chi connectivity index (χ2v) is 9.67. The van der Waals surface area contributed by atoms with E-state index in [4.69, 9.17) is 0 Å². The summed E-state index contributed by atoms with van der Waals surface area (Å²) in [5.41, 5.74) is 7.48. The Kier molecular flexibility index (Phi) is 16.3. The molecule has 0 aliphatic rings. The van der Waals surface area contributed by atoms with Crippen LogP contribution in [0.5, 0.6) is 0 Å². The van der Waals surface area contributed by atoms with Gasteiger partial charge in [0, 0.05) is 0 Å². The zero-order chi connectivity index (χ0) is 22.9. The van der Waals surface area contributed by atoms with Crippen LogP contribution in [0.4, 0.5) is 0 Å². The molecule has 0 nitrogen and oxygen atoms in total. The quantitative estimate of drug-likeness (QED) is 0.235. The Morgan fingerprint density at radius 2 is 1.27 bits per heavy atom. The van der Waals surface area contributed by atoms with Crippen molar-refractivity contribution in [3.05, 3.63) is 70.9 Å². The SMILES string of the molecule is C=CCC(C)/C=C(\C/C=C(/C)CC/C=C(\C)CCC=C(C)C)C(C)CCC=C(C)C. The summed E-state index contributed by atoms with van der Waals surface area (Å²) in [5.74, 6) is 1.21. The first-order chi connectivity index (χ1) is 14.1. The van der Waals surface area contributed by atoms with Crippen molar-refractivity contribution in [1.29, 1.82) is 0 Å². The van der Waals surface area contributed by atoms with Gasteiger partial charge in [0.2, 0.25) is 0 Å². The number of allylic oxidation sites excluding steroid dienone is 11. The van der Waals surface area contributed by atoms with Gasteiger partial charge in [0.25, 0.3) is 0 Å². The lowest BCUT2D eigenvalue weighted by Crippen LogP contribution is -2.02. The molecule has 170 valence electrons. The van der Waals surface area contributed by atoms with Crippen LogP contribution in [0.3, 0.4) is 0 Å². The summed E-state index contributed by atoms with van der Waals surface area (Å²) in [6.07, 6.45) is 23.4. The van der Waals surface area contributed by atoms with Crippen LogP contribution in [0.25, 0.3) is 0 Å². The van der Waals surface area contributed by atoms with Gasteiger partial charge in [-0.15, -0.1) is 6.58 Å². The van der Waals surface area contributed by atoms with Gasteiger partial charge >= 0.3 is 0 Å². The minimum absolute atomic E-state index is 0.573. The predicted octanol–water partition coefficient (Wildman–Crippen LogP) is 10.3. The van der Waals surface area contributed by atoms with Crippen LogP contribution in [0, 0.1) is 11.8 Å². The fourth-order valence-corrected chi connectivity index (χ4v) is 3.57. The molecule has 0 saturated carbocycles. The normalized spacial score (nSPS) is 14.9. The molecule has 2 unspecified atom stereocenters. The van der Waals surface area contributed by atoms with Crippen LogP contribution in [-0.4, -0.2) is 0 Å². The first-order valence-corrected chi connectivity index (χ1v) is 12.0. The van der Waals surface area contributed by atoms with Gasteiger partial charge in [-0.1, -0.05) is 78.2 Å². The summed E-state index contributed by atoms with van der Waals surface area (Å²) in [5, 5.41) is 0. The molecule has 0 radical (unpaired) electrons. The summed E-state index contributed by atoms with van der Waals surface area (Å²) >= 11 is 0. The predicted molar refractivity (Wildman–Crippen MR) is 140 cm³/mol. The fraction of sp³-hybridized carbons (Fsp3) is 0.600. The van der Waals surface area contributed by atoms with Crippen molar-refractivity contribution in [3.63, 3.8) is 0 Å². The lowest BCUT2D eigenvalue weighted by molar-refractivity contribution is 0.594. The second-order valence-electron chi connectivity index (χ2n) is 9.67. The molecule has 0 aromatic heterocycles. The first kappa shape index (κ1) is 28.4. The zero-order valence-electron chi connectivity index (χ0n) is 21.5. The zero-order valence-corrected chi connectivity index (χ0v) is 21.5. The summed E-state index contributed by atoms with van der Waals surface area (Å²) in [6, 6.07) is 0. The molecule has 0 aromatic rings. The summed E-state index contributed by atoms with van der Waals surface area (Å²) in [6.45, 7) is 21.9. The molecular weight excluding hydrogens is 360 g/mol. The van der Waals surface area contributed by atoms with Crippen LogP contribution < -0.4 is 0 Å². The van der Waals surface area contributed by atoms with E-state index < -0.39 is 0 Å². The van der Waals surface area contributed by atoms with Gasteiger partial charge in [-0.2, -0.15) is 0 Å². The maximum Gasteiger partial charge on any atom is -0.0133 e. The average Bonchev–Trinajstić information content (AvgIpc) is 2.64. The largest absolute Gasteiger partial charge is 0.103 e. The van der Waals surface area contributed by atoms with Crippen molar-refractivity contribution in [1.82, 2.24) is 0 Å². The van der Waals surface area contributed by atoms with Gasteiger partial charge in [0.05, 0.1) is 0 Å². The van der Waals surface area contributed by atoms with Crippen molar-refractivity contribution in [3.8, 4) is 0 Å². The van der Waals surface area contributed by atoms with Crippen molar-refractivity contribution >= 4 is 0 Å². The van der Waals surface area contributed by atoms with E-state index in [1.165, 1.54) is 54.4 Å². The standard InChI is InChI=1S/C30H50/c1-10-14-28(8)23-30(29(9)20-12-16-25(4)5)22-21-27(7)19-13-18-26(6)17-11-15-24(2)3/h10,15-16,18,21,23,28-29H,1,11-14,17,19-20,22H2,2-9H3/b26-18+,27-21-,30-23+. The molecule has 0 heterocycles. The smallest absolute Gasteiger partial charge is 0.0133 e. The molecule has 0 fully saturated rings. The highest BCUT2D eigenvalue weighted by Gasteiger charge is 2.09. The highest BCUT2D eigenvalue weighted by atomic mass is 14.1. The van der Waals surface area contributed by atoms with Gasteiger partial charge < -0.3 is 0 Å². The highest BCUT2D eigenvalue weighted by Crippen LogP contribution is 2.25. The molecule has 0 rings (SSSR count). The van der Waals surface area contributed by atoms with E-state index in [1.54, 1.807) is 5.57 Å². The molecule has 0 saturated heterocycles. The molecule has 2 atom stereocenters. The lowest BCUT2D eigenvalue weighted by Gasteiger charge is -2.17. The van der Waals surface area contributed by atoms with Gasteiger partial charge in [0.15, 0.2) is 0 Å². The molecule has 0 spiro atoms.